The van der Waals surface area contributed by atoms with Crippen molar-refractivity contribution in [2.45, 2.75) is 46.1 Å². The minimum atomic E-state index is -0.0683. The molecule has 0 N–H and O–H groups in total. The molecule has 0 aliphatic carbocycles. The Morgan fingerprint density at radius 3 is 2.48 bits per heavy atom. The highest BCUT2D eigenvalue weighted by Gasteiger charge is 2.16. The molecule has 2 aromatic rings. The standard InChI is InChI=1S/C17H24N2O3S/c1-5-7-8-14(20)18-17-19(11-6-2)15-12(21-3)9-10-13(22-4)16(15)23-17/h9-10H,5-8,11H2,1-4H3. The topological polar surface area (TPSA) is 52.8 Å². The Hall–Kier alpha value is -1.82. The Morgan fingerprint density at radius 1 is 1.17 bits per heavy atom. The lowest BCUT2D eigenvalue weighted by Crippen LogP contribution is -2.17. The van der Waals surface area contributed by atoms with E-state index in [2.05, 4.69) is 23.4 Å². The summed E-state index contributed by atoms with van der Waals surface area (Å²) in [5, 5.41) is 0. The van der Waals surface area contributed by atoms with E-state index >= 15 is 0 Å². The molecule has 0 aliphatic rings. The predicted molar refractivity (Wildman–Crippen MR) is 93.3 cm³/mol. The number of fused-ring (bicyclic) bond motifs is 1. The highest BCUT2D eigenvalue weighted by Crippen LogP contribution is 2.35. The molecule has 0 saturated heterocycles. The van der Waals surface area contributed by atoms with Gasteiger partial charge in [-0.3, -0.25) is 4.79 Å². The van der Waals surface area contributed by atoms with Crippen LogP contribution in [-0.4, -0.2) is 24.7 Å². The monoisotopic (exact) mass is 336 g/mol. The summed E-state index contributed by atoms with van der Waals surface area (Å²) in [4.78, 5) is 17.1. The lowest BCUT2D eigenvalue weighted by Gasteiger charge is -2.09. The van der Waals surface area contributed by atoms with Gasteiger partial charge < -0.3 is 14.0 Å². The van der Waals surface area contributed by atoms with Crippen molar-refractivity contribution in [1.29, 1.82) is 0 Å². The van der Waals surface area contributed by atoms with Crippen LogP contribution in [0, 0.1) is 0 Å². The fourth-order valence-electron chi connectivity index (χ4n) is 2.46. The molecule has 1 heterocycles. The zero-order chi connectivity index (χ0) is 16.8. The Labute approximate surface area is 140 Å². The van der Waals surface area contributed by atoms with Crippen molar-refractivity contribution in [3.8, 4) is 11.5 Å². The summed E-state index contributed by atoms with van der Waals surface area (Å²) in [7, 11) is 3.30. The van der Waals surface area contributed by atoms with E-state index in [1.807, 2.05) is 12.1 Å². The summed E-state index contributed by atoms with van der Waals surface area (Å²) >= 11 is 1.48. The van der Waals surface area contributed by atoms with Crippen molar-refractivity contribution in [1.82, 2.24) is 4.57 Å². The fraction of sp³-hybridized carbons (Fsp3) is 0.529. The van der Waals surface area contributed by atoms with Gasteiger partial charge in [-0.15, -0.1) is 0 Å². The Morgan fingerprint density at radius 2 is 1.87 bits per heavy atom. The first-order chi connectivity index (χ1) is 11.2. The van der Waals surface area contributed by atoms with E-state index in [4.69, 9.17) is 9.47 Å². The zero-order valence-electron chi connectivity index (χ0n) is 14.2. The van der Waals surface area contributed by atoms with Crippen molar-refractivity contribution < 1.29 is 14.3 Å². The van der Waals surface area contributed by atoms with Crippen LogP contribution in [0.4, 0.5) is 0 Å². The van der Waals surface area contributed by atoms with E-state index in [0.29, 0.717) is 11.2 Å². The molecule has 0 radical (unpaired) electrons. The first-order valence-corrected chi connectivity index (χ1v) is 8.79. The summed E-state index contributed by atoms with van der Waals surface area (Å²) in [6.45, 7) is 4.95. The van der Waals surface area contributed by atoms with Gasteiger partial charge in [0.1, 0.15) is 21.7 Å². The van der Waals surface area contributed by atoms with E-state index in [1.54, 1.807) is 14.2 Å². The van der Waals surface area contributed by atoms with Crippen molar-refractivity contribution in [3.63, 3.8) is 0 Å². The van der Waals surface area contributed by atoms with Crippen LogP contribution in [0.1, 0.15) is 39.5 Å². The highest BCUT2D eigenvalue weighted by molar-refractivity contribution is 7.16. The van der Waals surface area contributed by atoms with Gasteiger partial charge >= 0.3 is 0 Å². The average molecular weight is 336 g/mol. The third-order valence-electron chi connectivity index (χ3n) is 3.60. The van der Waals surface area contributed by atoms with Gasteiger partial charge in [0.25, 0.3) is 0 Å². The molecule has 0 fully saturated rings. The average Bonchev–Trinajstić information content (AvgIpc) is 2.91. The highest BCUT2D eigenvalue weighted by atomic mass is 32.1. The number of benzene rings is 1. The lowest BCUT2D eigenvalue weighted by atomic mass is 10.2. The van der Waals surface area contributed by atoms with E-state index in [9.17, 15) is 4.79 Å². The maximum Gasteiger partial charge on any atom is 0.248 e. The van der Waals surface area contributed by atoms with Crippen LogP contribution >= 0.6 is 11.3 Å². The van der Waals surface area contributed by atoms with E-state index < -0.39 is 0 Å². The normalized spacial score (nSPS) is 11.9. The predicted octanol–water partition coefficient (Wildman–Crippen LogP) is 3.75. The number of hydrogen-bond donors (Lipinski definition) is 0. The van der Waals surface area contributed by atoms with Crippen LogP contribution in [0.2, 0.25) is 0 Å². The number of ether oxygens (including phenoxy) is 2. The van der Waals surface area contributed by atoms with E-state index in [0.717, 1.165) is 47.5 Å². The minimum absolute atomic E-state index is 0.0683. The molecule has 23 heavy (non-hydrogen) atoms. The number of carbonyl (C=O) groups is 1. The largest absolute Gasteiger partial charge is 0.495 e. The molecular weight excluding hydrogens is 312 g/mol. The van der Waals surface area contributed by atoms with Crippen molar-refractivity contribution in [3.05, 3.63) is 16.9 Å². The van der Waals surface area contributed by atoms with Crippen LogP contribution in [0.25, 0.3) is 10.2 Å². The van der Waals surface area contributed by atoms with Crippen molar-refractivity contribution in [2.75, 3.05) is 14.2 Å². The van der Waals surface area contributed by atoms with Crippen LogP contribution < -0.4 is 14.3 Å². The van der Waals surface area contributed by atoms with Crippen LogP contribution in [0.15, 0.2) is 17.1 Å². The SMILES string of the molecule is CCCCC(=O)N=c1sc2c(OC)ccc(OC)c2n1CCC. The number of hydrogen-bond acceptors (Lipinski definition) is 4. The molecule has 6 heteroatoms. The molecule has 0 unspecified atom stereocenters. The quantitative estimate of drug-likeness (QED) is 0.774. The summed E-state index contributed by atoms with van der Waals surface area (Å²) in [5.41, 5.74) is 0.945. The van der Waals surface area contributed by atoms with Crippen molar-refractivity contribution in [2.24, 2.45) is 4.99 Å². The first kappa shape index (κ1) is 17.5. The van der Waals surface area contributed by atoms with Crippen LogP contribution in [0.5, 0.6) is 11.5 Å². The number of nitrogens with zero attached hydrogens (tertiary/aromatic N) is 2. The van der Waals surface area contributed by atoms with Gasteiger partial charge in [0.2, 0.25) is 5.91 Å². The van der Waals surface area contributed by atoms with Crippen LogP contribution in [0.3, 0.4) is 0 Å². The smallest absolute Gasteiger partial charge is 0.248 e. The van der Waals surface area contributed by atoms with E-state index in [1.165, 1.54) is 11.3 Å². The second kappa shape index (κ2) is 8.15. The minimum Gasteiger partial charge on any atom is -0.495 e. The van der Waals surface area contributed by atoms with Crippen LogP contribution in [-0.2, 0) is 11.3 Å². The molecule has 126 valence electrons. The van der Waals surface area contributed by atoms with Gasteiger partial charge in [0.15, 0.2) is 4.80 Å². The third-order valence-corrected chi connectivity index (χ3v) is 4.70. The molecule has 0 atom stereocenters. The molecule has 1 aromatic carbocycles. The number of methoxy groups -OCH3 is 2. The molecule has 0 aliphatic heterocycles. The maximum atomic E-state index is 12.1. The fourth-order valence-corrected chi connectivity index (χ4v) is 3.64. The molecular formula is C17H24N2O3S. The number of unbranched alkanes of at least 4 members (excludes halogenated alkanes) is 1. The molecule has 2 rings (SSSR count). The van der Waals surface area contributed by atoms with Crippen molar-refractivity contribution >= 4 is 27.5 Å². The van der Waals surface area contributed by atoms with Gasteiger partial charge in [-0.1, -0.05) is 31.6 Å². The first-order valence-electron chi connectivity index (χ1n) is 7.98. The van der Waals surface area contributed by atoms with Gasteiger partial charge in [-0.2, -0.15) is 4.99 Å². The van der Waals surface area contributed by atoms with Gasteiger partial charge in [0.05, 0.1) is 14.2 Å². The Bertz CT molecular complexity index is 746. The van der Waals surface area contributed by atoms with Gasteiger partial charge in [-0.05, 0) is 25.0 Å². The molecule has 1 aromatic heterocycles. The lowest BCUT2D eigenvalue weighted by molar-refractivity contribution is -0.118. The molecule has 0 bridgehead atoms. The number of amides is 1. The molecule has 0 saturated carbocycles. The molecule has 0 spiro atoms. The number of aromatic nitrogens is 1. The Balaban J connectivity index is 2.67. The van der Waals surface area contributed by atoms with Gasteiger partial charge in [-0.25, -0.2) is 0 Å². The molecule has 1 amide bonds. The zero-order valence-corrected chi connectivity index (χ0v) is 15.0. The number of aryl methyl sites for hydroxylation is 1. The number of rotatable bonds is 7. The summed E-state index contributed by atoms with van der Waals surface area (Å²) in [6, 6.07) is 3.78. The summed E-state index contributed by atoms with van der Waals surface area (Å²) < 4.78 is 14.0. The number of carbonyl (C=O) groups excluding carboxylic acids is 1. The van der Waals surface area contributed by atoms with Gasteiger partial charge in [0, 0.05) is 13.0 Å². The second-order valence-corrected chi connectivity index (χ2v) is 6.27. The summed E-state index contributed by atoms with van der Waals surface area (Å²) in [6.07, 6.45) is 3.30. The summed E-state index contributed by atoms with van der Waals surface area (Å²) in [5.74, 6) is 1.48. The molecule has 5 nitrogen and oxygen atoms in total. The maximum absolute atomic E-state index is 12.1. The second-order valence-electron chi connectivity index (χ2n) is 5.29. The third kappa shape index (κ3) is 3.75. The van der Waals surface area contributed by atoms with E-state index in [-0.39, 0.29) is 5.91 Å². The Kier molecular flexibility index (Phi) is 6.21. The number of thiazole rings is 1.